The van der Waals surface area contributed by atoms with E-state index in [1.54, 1.807) is 6.07 Å². The first-order valence-corrected chi connectivity index (χ1v) is 8.81. The largest absolute Gasteiger partial charge is 0.340 e. The average molecular weight is 343 g/mol. The molecular weight excluding hydrogens is 319 g/mol. The van der Waals surface area contributed by atoms with Crippen molar-refractivity contribution < 1.29 is 4.79 Å². The Morgan fingerprint density at radius 2 is 2.05 bits per heavy atom. The second-order valence-corrected chi connectivity index (χ2v) is 6.65. The summed E-state index contributed by atoms with van der Waals surface area (Å²) in [6, 6.07) is 5.85. The molecule has 1 aromatic carbocycles. The van der Waals surface area contributed by atoms with Gasteiger partial charge < -0.3 is 10.2 Å². The minimum Gasteiger partial charge on any atom is -0.340 e. The van der Waals surface area contributed by atoms with Crippen molar-refractivity contribution in [1.29, 1.82) is 0 Å². The lowest BCUT2D eigenvalue weighted by Gasteiger charge is -2.34. The molecule has 1 aliphatic heterocycles. The Morgan fingerprint density at radius 3 is 2.68 bits per heavy atom. The molecule has 1 heterocycles. The number of benzene rings is 1. The van der Waals surface area contributed by atoms with E-state index in [0.717, 1.165) is 44.5 Å². The normalized spacial score (nSPS) is 15.8. The van der Waals surface area contributed by atoms with Gasteiger partial charge in [0.15, 0.2) is 0 Å². The first-order valence-electron chi connectivity index (χ1n) is 8.06. The van der Waals surface area contributed by atoms with Crippen LogP contribution in [-0.4, -0.2) is 36.5 Å². The molecule has 1 aliphatic rings. The van der Waals surface area contributed by atoms with E-state index < -0.39 is 0 Å². The highest BCUT2D eigenvalue weighted by Crippen LogP contribution is 2.23. The summed E-state index contributed by atoms with van der Waals surface area (Å²) in [5.41, 5.74) is 0.987. The number of piperidine rings is 1. The second kappa shape index (κ2) is 8.76. The van der Waals surface area contributed by atoms with E-state index in [2.05, 4.69) is 17.1 Å². The number of aryl methyl sites for hydroxylation is 1. The van der Waals surface area contributed by atoms with E-state index in [-0.39, 0.29) is 5.91 Å². The third kappa shape index (κ3) is 4.87. The van der Waals surface area contributed by atoms with Crippen LogP contribution in [0.15, 0.2) is 18.2 Å². The molecule has 5 heteroatoms. The highest BCUT2D eigenvalue weighted by Gasteiger charge is 2.24. The molecule has 0 aliphatic carbocycles. The zero-order chi connectivity index (χ0) is 15.9. The first kappa shape index (κ1) is 17.6. The summed E-state index contributed by atoms with van der Waals surface area (Å²) in [4.78, 5) is 14.7. The van der Waals surface area contributed by atoms with Crippen molar-refractivity contribution in [3.8, 4) is 0 Å². The Labute approximate surface area is 143 Å². The highest BCUT2D eigenvalue weighted by atomic mass is 35.5. The third-order valence-electron chi connectivity index (χ3n) is 4.16. The minimum absolute atomic E-state index is 0.236. The maximum atomic E-state index is 12.6. The number of nitrogens with one attached hydrogen (secondary N) is 1. The first-order chi connectivity index (χ1) is 10.6. The minimum atomic E-state index is 0.236. The molecule has 0 saturated carbocycles. The maximum absolute atomic E-state index is 12.6. The fourth-order valence-electron chi connectivity index (χ4n) is 2.98. The number of carbonyl (C=O) groups is 1. The highest BCUT2D eigenvalue weighted by molar-refractivity contribution is 6.35. The smallest absolute Gasteiger partial charge is 0.223 e. The van der Waals surface area contributed by atoms with E-state index in [1.807, 2.05) is 12.1 Å². The van der Waals surface area contributed by atoms with Crippen molar-refractivity contribution in [2.24, 2.45) is 0 Å². The quantitative estimate of drug-likeness (QED) is 0.849. The van der Waals surface area contributed by atoms with E-state index in [4.69, 9.17) is 23.2 Å². The van der Waals surface area contributed by atoms with Gasteiger partial charge in [-0.15, -0.1) is 0 Å². The van der Waals surface area contributed by atoms with Crippen LogP contribution in [0.2, 0.25) is 10.0 Å². The lowest BCUT2D eigenvalue weighted by Crippen LogP contribution is -2.46. The summed E-state index contributed by atoms with van der Waals surface area (Å²) in [5.74, 6) is 0.236. The van der Waals surface area contributed by atoms with E-state index >= 15 is 0 Å². The molecule has 2 rings (SSSR count). The second-order valence-electron chi connectivity index (χ2n) is 5.80. The van der Waals surface area contributed by atoms with Crippen LogP contribution in [-0.2, 0) is 11.2 Å². The molecule has 0 spiro atoms. The summed E-state index contributed by atoms with van der Waals surface area (Å²) in [6.07, 6.45) is 4.27. The zero-order valence-corrected chi connectivity index (χ0v) is 14.6. The molecule has 22 heavy (non-hydrogen) atoms. The van der Waals surface area contributed by atoms with Crippen LogP contribution in [0.4, 0.5) is 0 Å². The lowest BCUT2D eigenvalue weighted by molar-refractivity contribution is -0.134. The number of hydrogen-bond acceptors (Lipinski definition) is 2. The Kier molecular flexibility index (Phi) is 7.00. The molecule has 122 valence electrons. The van der Waals surface area contributed by atoms with Gasteiger partial charge in [-0.3, -0.25) is 4.79 Å². The summed E-state index contributed by atoms with van der Waals surface area (Å²) >= 11 is 12.1. The Hall–Kier alpha value is -0.770. The number of carbonyl (C=O) groups excluding carboxylic acids is 1. The van der Waals surface area contributed by atoms with E-state index in [0.29, 0.717) is 28.9 Å². The SMILES string of the molecule is CCCN(C(=O)CCc1ccc(Cl)cc1Cl)C1CCNCC1. The maximum Gasteiger partial charge on any atom is 0.223 e. The van der Waals surface area contributed by atoms with Crippen molar-refractivity contribution in [1.82, 2.24) is 10.2 Å². The summed E-state index contributed by atoms with van der Waals surface area (Å²) in [7, 11) is 0. The van der Waals surface area contributed by atoms with Gasteiger partial charge in [0, 0.05) is 29.1 Å². The third-order valence-corrected chi connectivity index (χ3v) is 4.74. The molecule has 1 saturated heterocycles. The Morgan fingerprint density at radius 1 is 1.32 bits per heavy atom. The van der Waals surface area contributed by atoms with Gasteiger partial charge in [0.25, 0.3) is 0 Å². The van der Waals surface area contributed by atoms with Gasteiger partial charge in [0.05, 0.1) is 0 Å². The van der Waals surface area contributed by atoms with Crippen molar-refractivity contribution in [2.75, 3.05) is 19.6 Å². The topological polar surface area (TPSA) is 32.3 Å². The standard InChI is InChI=1S/C17H24Cl2N2O/c1-2-11-21(15-7-9-20-10-8-15)17(22)6-4-13-3-5-14(18)12-16(13)19/h3,5,12,15,20H,2,4,6-11H2,1H3. The Bertz CT molecular complexity index is 501. The average Bonchev–Trinajstić information content (AvgIpc) is 2.52. The van der Waals surface area contributed by atoms with Crippen molar-refractivity contribution in [3.63, 3.8) is 0 Å². The number of halogens is 2. The number of amides is 1. The molecule has 1 aromatic rings. The van der Waals surface area contributed by atoms with Crippen molar-refractivity contribution >= 4 is 29.1 Å². The van der Waals surface area contributed by atoms with Crippen LogP contribution in [0.25, 0.3) is 0 Å². The van der Waals surface area contributed by atoms with Crippen molar-refractivity contribution in [2.45, 2.75) is 45.1 Å². The van der Waals surface area contributed by atoms with Crippen LogP contribution in [0, 0.1) is 0 Å². The number of hydrogen-bond donors (Lipinski definition) is 1. The Balaban J connectivity index is 1.95. The molecule has 3 nitrogen and oxygen atoms in total. The lowest BCUT2D eigenvalue weighted by atomic mass is 10.0. The van der Waals surface area contributed by atoms with Gasteiger partial charge in [-0.2, -0.15) is 0 Å². The molecular formula is C17H24Cl2N2O. The van der Waals surface area contributed by atoms with Gasteiger partial charge >= 0.3 is 0 Å². The van der Waals surface area contributed by atoms with Gasteiger partial charge in [-0.25, -0.2) is 0 Å². The van der Waals surface area contributed by atoms with E-state index in [1.165, 1.54) is 0 Å². The van der Waals surface area contributed by atoms with Crippen LogP contribution in [0.5, 0.6) is 0 Å². The van der Waals surface area contributed by atoms with E-state index in [9.17, 15) is 4.79 Å². The molecule has 0 atom stereocenters. The summed E-state index contributed by atoms with van der Waals surface area (Å²) in [6.45, 7) is 4.97. The van der Waals surface area contributed by atoms with Crippen LogP contribution in [0.1, 0.15) is 38.2 Å². The van der Waals surface area contributed by atoms with Gasteiger partial charge in [0.2, 0.25) is 5.91 Å². The molecule has 1 N–H and O–H groups in total. The van der Waals surface area contributed by atoms with Gasteiger partial charge in [-0.05, 0) is 56.5 Å². The van der Waals surface area contributed by atoms with Crippen LogP contribution >= 0.6 is 23.2 Å². The predicted molar refractivity (Wildman–Crippen MR) is 92.7 cm³/mol. The van der Waals surface area contributed by atoms with Crippen molar-refractivity contribution in [3.05, 3.63) is 33.8 Å². The zero-order valence-electron chi connectivity index (χ0n) is 13.1. The number of nitrogens with zero attached hydrogens (tertiary/aromatic N) is 1. The predicted octanol–water partition coefficient (Wildman–Crippen LogP) is 3.92. The van der Waals surface area contributed by atoms with Crippen LogP contribution in [0.3, 0.4) is 0 Å². The van der Waals surface area contributed by atoms with Gasteiger partial charge in [0.1, 0.15) is 0 Å². The molecule has 0 aromatic heterocycles. The molecule has 0 radical (unpaired) electrons. The fraction of sp³-hybridized carbons (Fsp3) is 0.588. The number of rotatable bonds is 6. The molecule has 0 bridgehead atoms. The summed E-state index contributed by atoms with van der Waals surface area (Å²) < 4.78 is 0. The molecule has 1 fully saturated rings. The monoisotopic (exact) mass is 342 g/mol. The molecule has 1 amide bonds. The molecule has 0 unspecified atom stereocenters. The fourth-order valence-corrected chi connectivity index (χ4v) is 3.48. The summed E-state index contributed by atoms with van der Waals surface area (Å²) in [5, 5.41) is 4.62. The van der Waals surface area contributed by atoms with Crippen LogP contribution < -0.4 is 5.32 Å². The van der Waals surface area contributed by atoms with Gasteiger partial charge in [-0.1, -0.05) is 36.2 Å².